The molecule has 0 bridgehead atoms. The van der Waals surface area contributed by atoms with Gasteiger partial charge in [0.25, 0.3) is 0 Å². The molecule has 23 heavy (non-hydrogen) atoms. The van der Waals surface area contributed by atoms with Crippen LogP contribution in [-0.2, 0) is 0 Å². The van der Waals surface area contributed by atoms with Crippen LogP contribution >= 0.6 is 0 Å². The highest BCUT2D eigenvalue weighted by atomic mass is 19.4. The van der Waals surface area contributed by atoms with Crippen LogP contribution in [0, 0.1) is 5.92 Å². The zero-order valence-corrected chi connectivity index (χ0v) is 12.3. The number of carbonyl (C=O) groups excluding carboxylic acids is 1. The minimum Gasteiger partial charge on any atom is -0.334 e. The Bertz CT molecular complexity index is 697. The number of fused-ring (bicyclic) bond motifs is 1. The van der Waals surface area contributed by atoms with Gasteiger partial charge in [-0.25, -0.2) is 19.9 Å². The molecule has 0 aliphatic heterocycles. The molecule has 2 N–H and O–H groups in total. The molecule has 1 saturated carbocycles. The summed E-state index contributed by atoms with van der Waals surface area (Å²) < 4.78 is 39.8. The van der Waals surface area contributed by atoms with E-state index in [2.05, 4.69) is 15.7 Å². The van der Waals surface area contributed by atoms with Gasteiger partial charge < -0.3 is 5.32 Å². The summed E-state index contributed by atoms with van der Waals surface area (Å²) in [5.41, 5.74) is 4.04. The van der Waals surface area contributed by atoms with Crippen LogP contribution in [0.15, 0.2) is 30.6 Å². The summed E-state index contributed by atoms with van der Waals surface area (Å²) >= 11 is 0. The lowest BCUT2D eigenvalue weighted by Crippen LogP contribution is -2.44. The molecule has 3 rings (SSSR count). The number of hydrogen-bond donors (Lipinski definition) is 2. The Hall–Kier alpha value is -2.25. The quantitative estimate of drug-likeness (QED) is 0.888. The van der Waals surface area contributed by atoms with Crippen molar-refractivity contribution in [1.82, 2.24) is 15.0 Å². The normalized spacial score (nSPS) is 22.0. The van der Waals surface area contributed by atoms with Crippen molar-refractivity contribution in [2.45, 2.75) is 37.9 Å². The minimum absolute atomic E-state index is 0.0679. The molecule has 0 unspecified atom stereocenters. The topological polar surface area (TPSA) is 59.0 Å². The molecule has 0 radical (unpaired) electrons. The Balaban J connectivity index is 1.61. The fourth-order valence-electron chi connectivity index (χ4n) is 2.99. The van der Waals surface area contributed by atoms with E-state index in [1.54, 1.807) is 12.1 Å². The zero-order chi connectivity index (χ0) is 16.4. The van der Waals surface area contributed by atoms with E-state index in [4.69, 9.17) is 0 Å². The summed E-state index contributed by atoms with van der Waals surface area (Å²) in [6.07, 6.45) is -1.65. The van der Waals surface area contributed by atoms with E-state index < -0.39 is 24.2 Å². The first-order chi connectivity index (χ1) is 10.9. The van der Waals surface area contributed by atoms with Crippen molar-refractivity contribution in [2.75, 3.05) is 5.43 Å². The first kappa shape index (κ1) is 15.6. The van der Waals surface area contributed by atoms with Gasteiger partial charge in [0.1, 0.15) is 6.33 Å². The van der Waals surface area contributed by atoms with Gasteiger partial charge in [-0.3, -0.25) is 0 Å². The minimum atomic E-state index is -4.20. The molecule has 8 heteroatoms. The molecular formula is C15H17F3N4O. The number of para-hydroxylation sites is 2. The van der Waals surface area contributed by atoms with Crippen LogP contribution in [0.3, 0.4) is 0 Å². The second-order valence-electron chi connectivity index (χ2n) is 5.79. The average Bonchev–Trinajstić information content (AvgIpc) is 2.90. The van der Waals surface area contributed by atoms with E-state index in [0.29, 0.717) is 12.8 Å². The van der Waals surface area contributed by atoms with Gasteiger partial charge in [0.05, 0.1) is 17.0 Å². The number of benzene rings is 1. The third-order valence-electron chi connectivity index (χ3n) is 4.15. The Morgan fingerprint density at radius 2 is 2.04 bits per heavy atom. The summed E-state index contributed by atoms with van der Waals surface area (Å²) in [4.78, 5) is 16.2. The Morgan fingerprint density at radius 1 is 1.26 bits per heavy atom. The molecule has 1 aliphatic carbocycles. The smallest absolute Gasteiger partial charge is 0.334 e. The van der Waals surface area contributed by atoms with Gasteiger partial charge in [-0.05, 0) is 31.4 Å². The number of nitrogens with zero attached hydrogens (tertiary/aromatic N) is 2. The van der Waals surface area contributed by atoms with Crippen molar-refractivity contribution in [3.8, 4) is 0 Å². The third kappa shape index (κ3) is 3.57. The number of carbonyl (C=O) groups is 1. The van der Waals surface area contributed by atoms with Gasteiger partial charge in [-0.2, -0.15) is 13.2 Å². The third-order valence-corrected chi connectivity index (χ3v) is 4.15. The van der Waals surface area contributed by atoms with Crippen LogP contribution in [0.4, 0.5) is 18.0 Å². The average molecular weight is 326 g/mol. The Morgan fingerprint density at radius 3 is 2.83 bits per heavy atom. The number of hydrogen-bond acceptors (Lipinski definition) is 2. The van der Waals surface area contributed by atoms with Crippen molar-refractivity contribution in [1.29, 1.82) is 0 Å². The van der Waals surface area contributed by atoms with Crippen LogP contribution in [0.5, 0.6) is 0 Å². The molecule has 2 atom stereocenters. The Labute approximate surface area is 130 Å². The van der Waals surface area contributed by atoms with E-state index in [1.807, 2.05) is 12.1 Å². The van der Waals surface area contributed by atoms with Crippen molar-refractivity contribution in [2.24, 2.45) is 5.92 Å². The second-order valence-corrected chi connectivity index (χ2v) is 5.79. The van der Waals surface area contributed by atoms with Crippen molar-refractivity contribution in [3.05, 3.63) is 30.6 Å². The fourth-order valence-corrected chi connectivity index (χ4v) is 2.99. The van der Waals surface area contributed by atoms with Crippen LogP contribution in [0.1, 0.15) is 25.7 Å². The van der Waals surface area contributed by atoms with Gasteiger partial charge in [0.2, 0.25) is 0 Å². The molecule has 1 aliphatic rings. The maximum Gasteiger partial charge on any atom is 0.391 e. The monoisotopic (exact) mass is 326 g/mol. The number of nitrogens with one attached hydrogen (secondary N) is 2. The second kappa shape index (κ2) is 6.10. The lowest BCUT2D eigenvalue weighted by atomic mass is 9.85. The summed E-state index contributed by atoms with van der Waals surface area (Å²) in [5, 5.41) is 2.63. The van der Waals surface area contributed by atoms with Gasteiger partial charge in [0, 0.05) is 6.04 Å². The standard InChI is InChI=1S/C15H17F3N4O/c16-15(17,18)10-4-3-5-11(8-10)20-14(23)21-22-9-19-12-6-1-2-7-13(12)22/h1-2,6-7,9-11H,3-5,8H2,(H2,20,21,23)/t10-,11+/m0/s1. The van der Waals surface area contributed by atoms with Gasteiger partial charge in [-0.1, -0.05) is 18.6 Å². The van der Waals surface area contributed by atoms with Crippen LogP contribution in [0.25, 0.3) is 11.0 Å². The first-order valence-electron chi connectivity index (χ1n) is 7.50. The first-order valence-corrected chi connectivity index (χ1v) is 7.50. The number of amides is 2. The summed E-state index contributed by atoms with van der Waals surface area (Å²) in [6.45, 7) is 0. The largest absolute Gasteiger partial charge is 0.391 e. The lowest BCUT2D eigenvalue weighted by Gasteiger charge is -2.31. The fraction of sp³-hybridized carbons (Fsp3) is 0.467. The molecule has 0 saturated heterocycles. The predicted molar refractivity (Wildman–Crippen MR) is 79.4 cm³/mol. The number of alkyl halides is 3. The van der Waals surface area contributed by atoms with Crippen LogP contribution in [-0.4, -0.2) is 27.9 Å². The molecule has 124 valence electrons. The maximum absolute atomic E-state index is 12.8. The number of halogens is 3. The Kier molecular flexibility index (Phi) is 4.14. The molecule has 1 aromatic carbocycles. The molecule has 1 fully saturated rings. The van der Waals surface area contributed by atoms with Crippen molar-refractivity contribution >= 4 is 17.1 Å². The number of urea groups is 1. The van der Waals surface area contributed by atoms with E-state index in [-0.39, 0.29) is 12.8 Å². The van der Waals surface area contributed by atoms with E-state index in [0.717, 1.165) is 11.0 Å². The summed E-state index contributed by atoms with van der Waals surface area (Å²) in [7, 11) is 0. The summed E-state index contributed by atoms with van der Waals surface area (Å²) in [5.74, 6) is -1.34. The number of aromatic nitrogens is 2. The molecule has 2 amide bonds. The SMILES string of the molecule is O=C(N[C@@H]1CCC[C@H](C(F)(F)F)C1)Nn1cnc2ccccc21. The number of rotatable bonds is 2. The van der Waals surface area contributed by atoms with Crippen molar-refractivity contribution < 1.29 is 18.0 Å². The van der Waals surface area contributed by atoms with Gasteiger partial charge >= 0.3 is 12.2 Å². The molecule has 1 aromatic heterocycles. The molecule has 2 aromatic rings. The van der Waals surface area contributed by atoms with Crippen LogP contribution in [0.2, 0.25) is 0 Å². The molecular weight excluding hydrogens is 309 g/mol. The highest BCUT2D eigenvalue weighted by Gasteiger charge is 2.42. The molecule has 0 spiro atoms. The van der Waals surface area contributed by atoms with Crippen LogP contribution < -0.4 is 10.7 Å². The highest BCUT2D eigenvalue weighted by molar-refractivity contribution is 5.85. The highest BCUT2D eigenvalue weighted by Crippen LogP contribution is 2.37. The maximum atomic E-state index is 12.8. The van der Waals surface area contributed by atoms with Gasteiger partial charge in [0.15, 0.2) is 0 Å². The lowest BCUT2D eigenvalue weighted by molar-refractivity contribution is -0.183. The zero-order valence-electron chi connectivity index (χ0n) is 12.3. The predicted octanol–water partition coefficient (Wildman–Crippen LogP) is 3.41. The van der Waals surface area contributed by atoms with Crippen molar-refractivity contribution in [3.63, 3.8) is 0 Å². The molecule has 1 heterocycles. The summed E-state index contributed by atoms with van der Waals surface area (Å²) in [6, 6.07) is 6.25. The van der Waals surface area contributed by atoms with E-state index in [1.165, 1.54) is 11.0 Å². The van der Waals surface area contributed by atoms with Gasteiger partial charge in [-0.15, -0.1) is 0 Å². The molecule has 5 nitrogen and oxygen atoms in total. The van der Waals surface area contributed by atoms with E-state index >= 15 is 0 Å². The number of imidazole rings is 1. The van der Waals surface area contributed by atoms with E-state index in [9.17, 15) is 18.0 Å².